The third-order valence-corrected chi connectivity index (χ3v) is 5.04. The summed E-state index contributed by atoms with van der Waals surface area (Å²) in [6.45, 7) is 4.11. The predicted molar refractivity (Wildman–Crippen MR) is 87.7 cm³/mol. The third kappa shape index (κ3) is 4.23. The molecule has 0 saturated heterocycles. The monoisotopic (exact) mass is 322 g/mol. The van der Waals surface area contributed by atoms with Gasteiger partial charge in [-0.15, -0.1) is 11.8 Å². The van der Waals surface area contributed by atoms with Gasteiger partial charge in [0.25, 0.3) is 0 Å². The van der Waals surface area contributed by atoms with E-state index in [1.165, 1.54) is 40.6 Å². The van der Waals surface area contributed by atoms with E-state index in [1.807, 2.05) is 0 Å². The molecule has 0 aliphatic rings. The van der Waals surface area contributed by atoms with Crippen molar-refractivity contribution < 1.29 is 8.42 Å². The van der Waals surface area contributed by atoms with E-state index in [2.05, 4.69) is 32.0 Å². The maximum absolute atomic E-state index is 11.4. The third-order valence-electron chi connectivity index (χ3n) is 2.99. The summed E-state index contributed by atoms with van der Waals surface area (Å²) in [5, 5.41) is 5.14. The number of aryl methyl sites for hydroxylation is 2. The Morgan fingerprint density at radius 3 is 2.24 bits per heavy atom. The van der Waals surface area contributed by atoms with Crippen molar-refractivity contribution in [3.8, 4) is 0 Å². The molecule has 0 unspecified atom stereocenters. The van der Waals surface area contributed by atoms with E-state index < -0.39 is 10.0 Å². The Morgan fingerprint density at radius 1 is 1.05 bits per heavy atom. The molecule has 2 aromatic rings. The molecule has 112 valence electrons. The maximum atomic E-state index is 11.4. The van der Waals surface area contributed by atoms with Crippen molar-refractivity contribution in [2.75, 3.05) is 5.73 Å². The molecule has 0 bridgehead atoms. The van der Waals surface area contributed by atoms with Crippen LogP contribution >= 0.6 is 11.8 Å². The van der Waals surface area contributed by atoms with Crippen molar-refractivity contribution in [1.29, 1.82) is 0 Å². The van der Waals surface area contributed by atoms with Crippen LogP contribution in [0.4, 0.5) is 5.69 Å². The number of rotatable bonds is 4. The lowest BCUT2D eigenvalue weighted by molar-refractivity contribution is 0.597. The number of nitrogen functional groups attached to an aromatic ring is 1. The smallest absolute Gasteiger partial charge is 0.238 e. The summed E-state index contributed by atoms with van der Waals surface area (Å²) in [5.74, 6) is 0.723. The molecular formula is C15H18N2O2S2. The van der Waals surface area contributed by atoms with E-state index in [9.17, 15) is 8.42 Å². The van der Waals surface area contributed by atoms with Crippen LogP contribution in [0, 0.1) is 13.8 Å². The second-order valence-corrected chi connectivity index (χ2v) is 7.61. The molecule has 6 heteroatoms. The molecule has 0 saturated carbocycles. The number of primary sulfonamides is 1. The molecule has 0 radical (unpaired) electrons. The fraction of sp³-hybridized carbons (Fsp3) is 0.200. The Bertz CT molecular complexity index is 751. The molecule has 0 aromatic heterocycles. The fourth-order valence-electron chi connectivity index (χ4n) is 2.13. The van der Waals surface area contributed by atoms with Crippen LogP contribution in [0.3, 0.4) is 0 Å². The van der Waals surface area contributed by atoms with Crippen LogP contribution in [-0.4, -0.2) is 8.42 Å². The summed E-state index contributed by atoms with van der Waals surface area (Å²) in [6, 6.07) is 10.9. The van der Waals surface area contributed by atoms with Gasteiger partial charge in [-0.3, -0.25) is 0 Å². The zero-order chi connectivity index (χ0) is 15.6. The summed E-state index contributed by atoms with van der Waals surface area (Å²) in [7, 11) is -3.71. The number of hydrogen-bond donors (Lipinski definition) is 2. The van der Waals surface area contributed by atoms with Gasteiger partial charge in [0.15, 0.2) is 0 Å². The van der Waals surface area contributed by atoms with E-state index in [1.54, 1.807) is 6.07 Å². The van der Waals surface area contributed by atoms with Gasteiger partial charge in [0, 0.05) is 16.3 Å². The number of nitrogens with two attached hydrogens (primary N) is 2. The van der Waals surface area contributed by atoms with Gasteiger partial charge in [-0.1, -0.05) is 29.3 Å². The van der Waals surface area contributed by atoms with Crippen LogP contribution in [0.2, 0.25) is 0 Å². The molecular weight excluding hydrogens is 304 g/mol. The van der Waals surface area contributed by atoms with E-state index in [0.717, 1.165) is 10.6 Å². The van der Waals surface area contributed by atoms with Crippen molar-refractivity contribution in [3.63, 3.8) is 0 Å². The summed E-state index contributed by atoms with van der Waals surface area (Å²) >= 11 is 1.50. The van der Waals surface area contributed by atoms with Gasteiger partial charge in [0.05, 0.1) is 4.90 Å². The Kier molecular flexibility index (Phi) is 4.61. The SMILES string of the molecule is Cc1cc(C)cc(CSc2cc(S(N)(=O)=O)ccc2N)c1. The predicted octanol–water partition coefficient (Wildman–Crippen LogP) is 2.83. The highest BCUT2D eigenvalue weighted by molar-refractivity contribution is 7.98. The quantitative estimate of drug-likeness (QED) is 0.669. The average Bonchev–Trinajstić information content (AvgIpc) is 2.35. The standard InChI is InChI=1S/C15H18N2O2S2/c1-10-5-11(2)7-12(6-10)9-20-15-8-13(21(17,18)19)3-4-14(15)16/h3-8H,9,16H2,1-2H3,(H2,17,18,19). The van der Waals surface area contributed by atoms with Crippen LogP contribution in [0.25, 0.3) is 0 Å². The molecule has 0 atom stereocenters. The fourth-order valence-corrected chi connectivity index (χ4v) is 3.68. The molecule has 4 N–H and O–H groups in total. The number of sulfonamides is 1. The van der Waals surface area contributed by atoms with Gasteiger partial charge in [-0.2, -0.15) is 0 Å². The Balaban J connectivity index is 2.23. The highest BCUT2D eigenvalue weighted by Gasteiger charge is 2.11. The molecule has 21 heavy (non-hydrogen) atoms. The van der Waals surface area contributed by atoms with Crippen molar-refractivity contribution in [2.45, 2.75) is 29.4 Å². The first-order valence-electron chi connectivity index (χ1n) is 6.38. The van der Waals surface area contributed by atoms with E-state index in [0.29, 0.717) is 5.69 Å². The maximum Gasteiger partial charge on any atom is 0.238 e. The minimum absolute atomic E-state index is 0.0830. The Labute approximate surface area is 129 Å². The van der Waals surface area contributed by atoms with Gasteiger partial charge >= 0.3 is 0 Å². The van der Waals surface area contributed by atoms with Crippen LogP contribution in [0.15, 0.2) is 46.2 Å². The highest BCUT2D eigenvalue weighted by atomic mass is 32.2. The minimum Gasteiger partial charge on any atom is -0.398 e. The van der Waals surface area contributed by atoms with Crippen LogP contribution in [0.5, 0.6) is 0 Å². The number of benzene rings is 2. The van der Waals surface area contributed by atoms with Crippen LogP contribution in [0.1, 0.15) is 16.7 Å². The molecule has 2 aromatic carbocycles. The van der Waals surface area contributed by atoms with E-state index in [4.69, 9.17) is 10.9 Å². The van der Waals surface area contributed by atoms with Crippen molar-refractivity contribution in [1.82, 2.24) is 0 Å². The molecule has 2 rings (SSSR count). The first kappa shape index (κ1) is 15.9. The molecule has 0 spiro atoms. The Morgan fingerprint density at radius 2 is 1.67 bits per heavy atom. The lowest BCUT2D eigenvalue weighted by atomic mass is 10.1. The summed E-state index contributed by atoms with van der Waals surface area (Å²) < 4.78 is 22.8. The average molecular weight is 322 g/mol. The first-order valence-corrected chi connectivity index (χ1v) is 8.91. The van der Waals surface area contributed by atoms with E-state index >= 15 is 0 Å². The van der Waals surface area contributed by atoms with E-state index in [-0.39, 0.29) is 4.90 Å². The molecule has 4 nitrogen and oxygen atoms in total. The summed E-state index contributed by atoms with van der Waals surface area (Å²) in [4.78, 5) is 0.806. The summed E-state index contributed by atoms with van der Waals surface area (Å²) in [5.41, 5.74) is 10.0. The zero-order valence-corrected chi connectivity index (χ0v) is 13.6. The van der Waals surface area contributed by atoms with Crippen molar-refractivity contribution in [2.24, 2.45) is 5.14 Å². The zero-order valence-electron chi connectivity index (χ0n) is 12.0. The molecule has 0 fully saturated rings. The first-order chi connectivity index (χ1) is 9.75. The number of hydrogen-bond acceptors (Lipinski definition) is 4. The number of thioether (sulfide) groups is 1. The van der Waals surface area contributed by atoms with Crippen molar-refractivity contribution in [3.05, 3.63) is 53.1 Å². The largest absolute Gasteiger partial charge is 0.398 e. The second-order valence-electron chi connectivity index (χ2n) is 5.03. The second kappa shape index (κ2) is 6.09. The van der Waals surface area contributed by atoms with Gasteiger partial charge < -0.3 is 5.73 Å². The summed E-state index contributed by atoms with van der Waals surface area (Å²) in [6.07, 6.45) is 0. The van der Waals surface area contributed by atoms with Crippen LogP contribution in [-0.2, 0) is 15.8 Å². The molecule has 0 aliphatic carbocycles. The van der Waals surface area contributed by atoms with Gasteiger partial charge in [0.1, 0.15) is 0 Å². The van der Waals surface area contributed by atoms with Gasteiger partial charge in [0.2, 0.25) is 10.0 Å². The molecule has 0 amide bonds. The van der Waals surface area contributed by atoms with Crippen LogP contribution < -0.4 is 10.9 Å². The normalized spacial score (nSPS) is 11.6. The number of anilines is 1. The lowest BCUT2D eigenvalue weighted by Gasteiger charge is -2.09. The topological polar surface area (TPSA) is 86.2 Å². The highest BCUT2D eigenvalue weighted by Crippen LogP contribution is 2.30. The Hall–Kier alpha value is -1.50. The lowest BCUT2D eigenvalue weighted by Crippen LogP contribution is -2.12. The molecule has 0 aliphatic heterocycles. The molecule has 0 heterocycles. The van der Waals surface area contributed by atoms with Gasteiger partial charge in [-0.25, -0.2) is 13.6 Å². The van der Waals surface area contributed by atoms with Crippen molar-refractivity contribution >= 4 is 27.5 Å². The minimum atomic E-state index is -3.71. The van der Waals surface area contributed by atoms with Gasteiger partial charge in [-0.05, 0) is 37.6 Å².